The fraction of sp³-hybridized carbons (Fsp3) is 0.455. The molecule has 0 radical (unpaired) electrons. The first-order chi connectivity index (χ1) is 8.97. The third kappa shape index (κ3) is 3.88. The third-order valence-electron chi connectivity index (χ3n) is 2.46. The van der Waals surface area contributed by atoms with Crippen molar-refractivity contribution in [1.82, 2.24) is 4.57 Å². The average Bonchev–Trinajstić information content (AvgIpc) is 2.34. The lowest BCUT2D eigenvalue weighted by atomic mass is 10.3. The number of nitrogens with zero attached hydrogens (tertiary/aromatic N) is 2. The Balaban J connectivity index is 2.89. The summed E-state index contributed by atoms with van der Waals surface area (Å²) in [4.78, 5) is 33.2. The zero-order valence-corrected chi connectivity index (χ0v) is 10.6. The Morgan fingerprint density at radius 2 is 2.11 bits per heavy atom. The third-order valence-corrected chi connectivity index (χ3v) is 2.46. The number of hydrogen-bond acceptors (Lipinski definition) is 6. The summed E-state index contributed by atoms with van der Waals surface area (Å²) in [5.74, 6) is -0.650. The molecule has 1 aromatic rings. The Morgan fingerprint density at radius 1 is 1.42 bits per heavy atom. The Labute approximate surface area is 108 Å². The van der Waals surface area contributed by atoms with Crippen LogP contribution in [0.4, 0.5) is 5.69 Å². The van der Waals surface area contributed by atoms with Crippen molar-refractivity contribution >= 4 is 11.7 Å². The molecule has 0 aromatic carbocycles. The number of pyridine rings is 1. The maximum Gasteiger partial charge on any atom is 0.326 e. The van der Waals surface area contributed by atoms with Gasteiger partial charge in [0.15, 0.2) is 0 Å². The molecule has 0 fully saturated rings. The van der Waals surface area contributed by atoms with Crippen LogP contribution in [0.2, 0.25) is 0 Å². The highest BCUT2D eigenvalue weighted by Gasteiger charge is 2.17. The SMILES string of the molecule is COCCOC(=O)Cn1c(C)c([N+](=O)[O-])ccc1=O. The smallest absolute Gasteiger partial charge is 0.326 e. The van der Waals surface area contributed by atoms with Crippen LogP contribution in [0.25, 0.3) is 0 Å². The molecule has 0 saturated carbocycles. The summed E-state index contributed by atoms with van der Waals surface area (Å²) in [6, 6.07) is 2.16. The maximum atomic E-state index is 11.6. The van der Waals surface area contributed by atoms with Crippen LogP contribution >= 0.6 is 0 Å². The van der Waals surface area contributed by atoms with E-state index in [0.717, 1.165) is 16.7 Å². The van der Waals surface area contributed by atoms with Crippen LogP contribution in [-0.4, -0.2) is 35.8 Å². The highest BCUT2D eigenvalue weighted by molar-refractivity contribution is 5.69. The molecule has 0 aliphatic carbocycles. The van der Waals surface area contributed by atoms with E-state index < -0.39 is 16.5 Å². The molecule has 104 valence electrons. The van der Waals surface area contributed by atoms with E-state index in [2.05, 4.69) is 0 Å². The van der Waals surface area contributed by atoms with Gasteiger partial charge < -0.3 is 9.47 Å². The van der Waals surface area contributed by atoms with Crippen molar-refractivity contribution in [3.63, 3.8) is 0 Å². The first-order valence-corrected chi connectivity index (χ1v) is 5.46. The topological polar surface area (TPSA) is 101 Å². The highest BCUT2D eigenvalue weighted by Crippen LogP contribution is 2.14. The first-order valence-electron chi connectivity index (χ1n) is 5.46. The summed E-state index contributed by atoms with van der Waals surface area (Å²) in [7, 11) is 1.46. The van der Waals surface area contributed by atoms with Crippen LogP contribution in [0.15, 0.2) is 16.9 Å². The quantitative estimate of drug-likeness (QED) is 0.318. The largest absolute Gasteiger partial charge is 0.462 e. The number of methoxy groups -OCH3 is 1. The van der Waals surface area contributed by atoms with Crippen LogP contribution in [-0.2, 0) is 20.8 Å². The number of hydrogen-bond donors (Lipinski definition) is 0. The maximum absolute atomic E-state index is 11.6. The normalized spacial score (nSPS) is 10.2. The summed E-state index contributed by atoms with van der Waals surface area (Å²) >= 11 is 0. The number of aromatic nitrogens is 1. The van der Waals surface area contributed by atoms with Gasteiger partial charge in [-0.2, -0.15) is 0 Å². The van der Waals surface area contributed by atoms with Crippen molar-refractivity contribution in [3.8, 4) is 0 Å². The minimum absolute atomic E-state index is 0.0675. The lowest BCUT2D eigenvalue weighted by Gasteiger charge is -2.09. The molecule has 0 aliphatic rings. The van der Waals surface area contributed by atoms with E-state index in [4.69, 9.17) is 9.47 Å². The van der Waals surface area contributed by atoms with Gasteiger partial charge in [-0.3, -0.25) is 24.3 Å². The van der Waals surface area contributed by atoms with Gasteiger partial charge >= 0.3 is 5.97 Å². The van der Waals surface area contributed by atoms with E-state index in [1.165, 1.54) is 14.0 Å². The average molecular weight is 270 g/mol. The van der Waals surface area contributed by atoms with Gasteiger partial charge in [0.1, 0.15) is 13.2 Å². The van der Waals surface area contributed by atoms with Gasteiger partial charge in [-0.25, -0.2) is 0 Å². The Bertz CT molecular complexity index is 536. The van der Waals surface area contributed by atoms with Gasteiger partial charge in [-0.15, -0.1) is 0 Å². The van der Waals surface area contributed by atoms with Gasteiger partial charge in [0.05, 0.1) is 17.2 Å². The Morgan fingerprint density at radius 3 is 2.68 bits per heavy atom. The second kappa shape index (κ2) is 6.64. The zero-order chi connectivity index (χ0) is 14.4. The molecule has 1 rings (SSSR count). The molecule has 19 heavy (non-hydrogen) atoms. The predicted molar refractivity (Wildman–Crippen MR) is 64.9 cm³/mol. The molecule has 1 heterocycles. The molecule has 0 atom stereocenters. The molecule has 0 bridgehead atoms. The van der Waals surface area contributed by atoms with Crippen molar-refractivity contribution in [1.29, 1.82) is 0 Å². The fourth-order valence-corrected chi connectivity index (χ4v) is 1.47. The lowest BCUT2D eigenvalue weighted by molar-refractivity contribution is -0.386. The summed E-state index contributed by atoms with van der Waals surface area (Å²) in [6.07, 6.45) is 0. The number of esters is 1. The zero-order valence-electron chi connectivity index (χ0n) is 10.6. The molecule has 0 amide bonds. The van der Waals surface area contributed by atoms with Gasteiger partial charge in [0.2, 0.25) is 0 Å². The van der Waals surface area contributed by atoms with E-state index in [9.17, 15) is 19.7 Å². The second-order valence-corrected chi connectivity index (χ2v) is 3.70. The molecule has 8 heteroatoms. The summed E-state index contributed by atoms with van der Waals surface area (Å²) in [5.41, 5.74) is -0.600. The Hall–Kier alpha value is -2.22. The molecule has 1 aromatic heterocycles. The molecule has 0 aliphatic heterocycles. The molecule has 0 saturated heterocycles. The van der Waals surface area contributed by atoms with E-state index >= 15 is 0 Å². The van der Waals surface area contributed by atoms with E-state index in [0.29, 0.717) is 0 Å². The van der Waals surface area contributed by atoms with E-state index in [1.807, 2.05) is 0 Å². The summed E-state index contributed by atoms with van der Waals surface area (Å²) < 4.78 is 10.5. The molecule has 0 N–H and O–H groups in total. The van der Waals surface area contributed by atoms with Crippen molar-refractivity contribution in [2.75, 3.05) is 20.3 Å². The predicted octanol–water partition coefficient (Wildman–Crippen LogP) is 0.255. The molecule has 0 unspecified atom stereocenters. The minimum atomic E-state index is -0.650. The van der Waals surface area contributed by atoms with Gasteiger partial charge in [0, 0.05) is 19.2 Å². The number of carbonyl (C=O) groups is 1. The van der Waals surface area contributed by atoms with Crippen LogP contribution in [0.3, 0.4) is 0 Å². The van der Waals surface area contributed by atoms with Crippen LogP contribution in [0.1, 0.15) is 5.69 Å². The van der Waals surface area contributed by atoms with Crippen LogP contribution < -0.4 is 5.56 Å². The molecular weight excluding hydrogens is 256 g/mol. The monoisotopic (exact) mass is 270 g/mol. The standard InChI is InChI=1S/C11H14N2O6/c1-8-9(13(16)17)3-4-10(14)12(8)7-11(15)19-6-5-18-2/h3-4H,5-7H2,1-2H3. The van der Waals surface area contributed by atoms with Gasteiger partial charge in [-0.05, 0) is 6.92 Å². The van der Waals surface area contributed by atoms with Crippen molar-refractivity contribution in [2.24, 2.45) is 0 Å². The number of rotatable bonds is 6. The van der Waals surface area contributed by atoms with Crippen molar-refractivity contribution < 1.29 is 19.2 Å². The fourth-order valence-electron chi connectivity index (χ4n) is 1.47. The molecule has 0 spiro atoms. The molecule has 8 nitrogen and oxygen atoms in total. The minimum Gasteiger partial charge on any atom is -0.462 e. The number of nitro groups is 1. The lowest BCUT2D eigenvalue weighted by Crippen LogP contribution is -2.27. The number of ether oxygens (including phenoxy) is 2. The number of carbonyl (C=O) groups excluding carboxylic acids is 1. The van der Waals surface area contributed by atoms with Crippen molar-refractivity contribution in [3.05, 3.63) is 38.3 Å². The summed E-state index contributed by atoms with van der Waals surface area (Å²) in [6.45, 7) is 1.35. The van der Waals surface area contributed by atoms with E-state index in [-0.39, 0.29) is 31.1 Å². The molecular formula is C11H14N2O6. The Kier molecular flexibility index (Phi) is 5.19. The van der Waals surface area contributed by atoms with Crippen molar-refractivity contribution in [2.45, 2.75) is 13.5 Å². The van der Waals surface area contributed by atoms with E-state index in [1.54, 1.807) is 0 Å². The van der Waals surface area contributed by atoms with Gasteiger partial charge in [0.25, 0.3) is 11.2 Å². The van der Waals surface area contributed by atoms with Crippen LogP contribution in [0, 0.1) is 17.0 Å². The van der Waals surface area contributed by atoms with Gasteiger partial charge in [-0.1, -0.05) is 0 Å². The first kappa shape index (κ1) is 14.8. The summed E-state index contributed by atoms with van der Waals surface area (Å²) in [5, 5.41) is 10.7. The second-order valence-electron chi connectivity index (χ2n) is 3.70. The van der Waals surface area contributed by atoms with Crippen LogP contribution in [0.5, 0.6) is 0 Å². The highest BCUT2D eigenvalue weighted by atomic mass is 16.6.